The van der Waals surface area contributed by atoms with Crippen molar-refractivity contribution in [1.82, 2.24) is 0 Å². The molecule has 0 spiro atoms. The Hall–Kier alpha value is -0.400. The molecule has 0 aliphatic heterocycles. The van der Waals surface area contributed by atoms with Crippen LogP contribution in [0.15, 0.2) is 5.18 Å². The Bertz CT molecular complexity index is 155. The van der Waals surface area contributed by atoms with Crippen LogP contribution in [0, 0.1) is 22.7 Å². The van der Waals surface area contributed by atoms with Crippen molar-refractivity contribution in [2.75, 3.05) is 0 Å². The van der Waals surface area contributed by atoms with Crippen LogP contribution in [-0.4, -0.2) is 6.04 Å². The zero-order chi connectivity index (χ0) is 7.84. The minimum atomic E-state index is 0.164. The molecule has 0 aromatic heterocycles. The molecule has 0 aromatic rings. The number of fused-ring (bicyclic) bond motifs is 1. The topological polar surface area (TPSA) is 29.4 Å². The second kappa shape index (κ2) is 2.58. The predicted molar refractivity (Wildman–Crippen MR) is 44.2 cm³/mol. The van der Waals surface area contributed by atoms with Crippen LogP contribution >= 0.6 is 0 Å². The van der Waals surface area contributed by atoms with Crippen molar-refractivity contribution in [2.45, 2.75) is 38.6 Å². The van der Waals surface area contributed by atoms with Gasteiger partial charge in [-0.05, 0) is 43.4 Å². The summed E-state index contributed by atoms with van der Waals surface area (Å²) in [4.78, 5) is 10.3. The van der Waals surface area contributed by atoms with Gasteiger partial charge in [0.15, 0.2) is 0 Å². The van der Waals surface area contributed by atoms with E-state index in [-0.39, 0.29) is 6.04 Å². The fraction of sp³-hybridized carbons (Fsp3) is 1.00. The Morgan fingerprint density at radius 3 is 2.09 bits per heavy atom. The molecular weight excluding hydrogens is 138 g/mol. The molecule has 2 atom stereocenters. The van der Waals surface area contributed by atoms with E-state index < -0.39 is 0 Å². The molecule has 2 unspecified atom stereocenters. The van der Waals surface area contributed by atoms with E-state index in [9.17, 15) is 4.91 Å². The molecule has 0 N–H and O–H groups in total. The smallest absolute Gasteiger partial charge is 0.0925 e. The highest BCUT2D eigenvalue weighted by Gasteiger charge is 2.40. The molecule has 0 amide bonds. The number of rotatable bonds is 1. The summed E-state index contributed by atoms with van der Waals surface area (Å²) >= 11 is 0. The lowest BCUT2D eigenvalue weighted by molar-refractivity contribution is 0.457. The average molecular weight is 153 g/mol. The van der Waals surface area contributed by atoms with Crippen LogP contribution in [-0.2, 0) is 0 Å². The molecule has 0 aromatic carbocycles. The first-order chi connectivity index (χ1) is 5.29. The third kappa shape index (κ3) is 1.19. The lowest BCUT2D eigenvalue weighted by atomic mass is 10.0. The van der Waals surface area contributed by atoms with Gasteiger partial charge in [0.1, 0.15) is 0 Å². The van der Waals surface area contributed by atoms with E-state index in [1.54, 1.807) is 0 Å². The van der Waals surface area contributed by atoms with Gasteiger partial charge in [0, 0.05) is 0 Å². The molecule has 0 saturated heterocycles. The highest BCUT2D eigenvalue weighted by Crippen LogP contribution is 2.47. The molecule has 0 heterocycles. The van der Waals surface area contributed by atoms with Crippen molar-refractivity contribution in [3.8, 4) is 0 Å². The molecule has 2 aliphatic rings. The van der Waals surface area contributed by atoms with E-state index in [1.165, 1.54) is 12.8 Å². The summed E-state index contributed by atoms with van der Waals surface area (Å²) < 4.78 is 0. The van der Waals surface area contributed by atoms with E-state index in [4.69, 9.17) is 0 Å². The lowest BCUT2D eigenvalue weighted by Gasteiger charge is -2.03. The normalized spacial score (nSPS) is 49.2. The molecule has 11 heavy (non-hydrogen) atoms. The van der Waals surface area contributed by atoms with Crippen molar-refractivity contribution in [2.24, 2.45) is 22.9 Å². The van der Waals surface area contributed by atoms with Gasteiger partial charge in [-0.3, -0.25) is 0 Å². The number of hydrogen-bond donors (Lipinski definition) is 0. The van der Waals surface area contributed by atoms with Gasteiger partial charge in [-0.25, -0.2) is 0 Å². The van der Waals surface area contributed by atoms with E-state index in [0.717, 1.165) is 30.6 Å². The molecule has 2 heteroatoms. The van der Waals surface area contributed by atoms with Crippen molar-refractivity contribution in [3.05, 3.63) is 4.91 Å². The SMILES string of the molecule is CC1CC2CC(N=O)CC2C1. The van der Waals surface area contributed by atoms with Crippen LogP contribution in [0.2, 0.25) is 0 Å². The third-order valence-corrected chi connectivity index (χ3v) is 3.38. The molecule has 2 rings (SSSR count). The van der Waals surface area contributed by atoms with Crippen molar-refractivity contribution in [1.29, 1.82) is 0 Å². The highest BCUT2D eigenvalue weighted by molar-refractivity contribution is 4.92. The molecule has 62 valence electrons. The number of nitroso groups, excluding NO2 is 1. The fourth-order valence-corrected chi connectivity index (χ4v) is 2.97. The van der Waals surface area contributed by atoms with Gasteiger partial charge in [-0.1, -0.05) is 12.1 Å². The quantitative estimate of drug-likeness (QED) is 0.532. The molecular formula is C9H15NO. The van der Waals surface area contributed by atoms with Crippen LogP contribution in [0.1, 0.15) is 32.6 Å². The largest absolute Gasteiger partial charge is 0.151 e. The molecule has 0 bridgehead atoms. The fourth-order valence-electron chi connectivity index (χ4n) is 2.97. The minimum absolute atomic E-state index is 0.164. The zero-order valence-electron chi connectivity index (χ0n) is 6.99. The minimum Gasteiger partial charge on any atom is -0.151 e. The van der Waals surface area contributed by atoms with Gasteiger partial charge in [0.25, 0.3) is 0 Å². The van der Waals surface area contributed by atoms with Crippen LogP contribution in [0.5, 0.6) is 0 Å². The van der Waals surface area contributed by atoms with E-state index in [2.05, 4.69) is 12.1 Å². The summed E-state index contributed by atoms with van der Waals surface area (Å²) in [5.41, 5.74) is 0. The Morgan fingerprint density at radius 2 is 1.64 bits per heavy atom. The monoisotopic (exact) mass is 153 g/mol. The molecule has 0 radical (unpaired) electrons. The number of nitrogens with zero attached hydrogens (tertiary/aromatic N) is 1. The molecule has 2 aliphatic carbocycles. The second-order valence-electron chi connectivity index (χ2n) is 4.33. The first kappa shape index (κ1) is 7.26. The first-order valence-electron chi connectivity index (χ1n) is 4.62. The van der Waals surface area contributed by atoms with Crippen LogP contribution in [0.4, 0.5) is 0 Å². The number of hydrogen-bond acceptors (Lipinski definition) is 2. The standard InChI is InChI=1S/C9H15NO/c1-6-2-7-4-9(10-11)5-8(7)3-6/h6-9H,2-5H2,1H3. The Labute approximate surface area is 67.3 Å². The molecule has 2 fully saturated rings. The molecule has 2 saturated carbocycles. The van der Waals surface area contributed by atoms with Gasteiger partial charge in [-0.15, -0.1) is 0 Å². The maximum absolute atomic E-state index is 10.3. The third-order valence-electron chi connectivity index (χ3n) is 3.38. The lowest BCUT2D eigenvalue weighted by Crippen LogP contribution is -1.99. The van der Waals surface area contributed by atoms with Crippen molar-refractivity contribution >= 4 is 0 Å². The Balaban J connectivity index is 1.98. The van der Waals surface area contributed by atoms with E-state index in [1.807, 2.05) is 0 Å². The average Bonchev–Trinajstić information content (AvgIpc) is 2.43. The molecule has 2 nitrogen and oxygen atoms in total. The van der Waals surface area contributed by atoms with Crippen LogP contribution < -0.4 is 0 Å². The van der Waals surface area contributed by atoms with Crippen molar-refractivity contribution < 1.29 is 0 Å². The van der Waals surface area contributed by atoms with Gasteiger partial charge < -0.3 is 0 Å². The van der Waals surface area contributed by atoms with Gasteiger partial charge >= 0.3 is 0 Å². The van der Waals surface area contributed by atoms with E-state index >= 15 is 0 Å². The van der Waals surface area contributed by atoms with E-state index in [0.29, 0.717) is 0 Å². The van der Waals surface area contributed by atoms with Crippen LogP contribution in [0.25, 0.3) is 0 Å². The summed E-state index contributed by atoms with van der Waals surface area (Å²) in [7, 11) is 0. The first-order valence-corrected chi connectivity index (χ1v) is 4.62. The van der Waals surface area contributed by atoms with Gasteiger partial charge in [0.2, 0.25) is 0 Å². The summed E-state index contributed by atoms with van der Waals surface area (Å²) in [6, 6.07) is 0.164. The van der Waals surface area contributed by atoms with Crippen molar-refractivity contribution in [3.63, 3.8) is 0 Å². The summed E-state index contributed by atoms with van der Waals surface area (Å²) in [5.74, 6) is 2.58. The Kier molecular flexibility index (Phi) is 1.70. The van der Waals surface area contributed by atoms with Gasteiger partial charge in [-0.2, -0.15) is 4.91 Å². The predicted octanol–water partition coefficient (Wildman–Crippen LogP) is 2.58. The maximum atomic E-state index is 10.3. The van der Waals surface area contributed by atoms with Gasteiger partial charge in [0.05, 0.1) is 6.04 Å². The maximum Gasteiger partial charge on any atom is 0.0925 e. The highest BCUT2D eigenvalue weighted by atomic mass is 16.3. The second-order valence-corrected chi connectivity index (χ2v) is 4.33. The van der Waals surface area contributed by atoms with Crippen LogP contribution in [0.3, 0.4) is 0 Å². The Morgan fingerprint density at radius 1 is 1.09 bits per heavy atom. The summed E-state index contributed by atoms with van der Waals surface area (Å²) in [5, 5.41) is 3.15. The summed E-state index contributed by atoms with van der Waals surface area (Å²) in [6.45, 7) is 2.32. The summed E-state index contributed by atoms with van der Waals surface area (Å²) in [6.07, 6.45) is 4.85. The zero-order valence-corrected chi connectivity index (χ0v) is 6.99.